The number of carbonyl (C=O) groups excluding carboxylic acids is 1. The van der Waals surface area contributed by atoms with Gasteiger partial charge in [0.05, 0.1) is 5.56 Å². The monoisotopic (exact) mass is 204 g/mol. The van der Waals surface area contributed by atoms with Gasteiger partial charge in [-0.25, -0.2) is 0 Å². The Hall–Kier alpha value is -1.64. The first-order valence-electron chi connectivity index (χ1n) is 5.06. The SMILES string of the molecule is C/C=C/CCNC(=O)c1ccc(C)nc1. The second kappa shape index (κ2) is 5.96. The molecule has 1 aromatic rings. The van der Waals surface area contributed by atoms with Gasteiger partial charge in [0, 0.05) is 18.4 Å². The summed E-state index contributed by atoms with van der Waals surface area (Å²) in [6, 6.07) is 3.62. The minimum atomic E-state index is -0.0630. The van der Waals surface area contributed by atoms with Crippen LogP contribution < -0.4 is 5.32 Å². The third-order valence-electron chi connectivity index (χ3n) is 2.01. The Morgan fingerprint density at radius 2 is 2.33 bits per heavy atom. The van der Waals surface area contributed by atoms with Crippen LogP contribution in [-0.2, 0) is 0 Å². The van der Waals surface area contributed by atoms with E-state index in [0.29, 0.717) is 12.1 Å². The summed E-state index contributed by atoms with van der Waals surface area (Å²) in [5, 5.41) is 2.82. The molecule has 0 spiro atoms. The quantitative estimate of drug-likeness (QED) is 0.602. The molecule has 0 atom stereocenters. The van der Waals surface area contributed by atoms with Crippen molar-refractivity contribution < 1.29 is 4.79 Å². The van der Waals surface area contributed by atoms with Crippen molar-refractivity contribution in [3.63, 3.8) is 0 Å². The minimum absolute atomic E-state index is 0.0630. The van der Waals surface area contributed by atoms with E-state index in [1.54, 1.807) is 12.3 Å². The Kier molecular flexibility index (Phi) is 4.54. The molecule has 0 saturated carbocycles. The normalized spacial score (nSPS) is 10.5. The van der Waals surface area contributed by atoms with E-state index in [0.717, 1.165) is 12.1 Å². The Labute approximate surface area is 90.2 Å². The fourth-order valence-electron chi connectivity index (χ4n) is 1.14. The van der Waals surface area contributed by atoms with Crippen molar-refractivity contribution in [3.05, 3.63) is 41.7 Å². The fraction of sp³-hybridized carbons (Fsp3) is 0.333. The average molecular weight is 204 g/mol. The zero-order chi connectivity index (χ0) is 11.1. The first kappa shape index (κ1) is 11.4. The predicted octanol–water partition coefficient (Wildman–Crippen LogP) is 2.09. The molecule has 1 amide bonds. The van der Waals surface area contributed by atoms with E-state index >= 15 is 0 Å². The molecule has 0 fully saturated rings. The number of amides is 1. The highest BCUT2D eigenvalue weighted by Crippen LogP contribution is 1.98. The molecule has 0 aromatic carbocycles. The summed E-state index contributed by atoms with van der Waals surface area (Å²) in [6.45, 7) is 4.52. The van der Waals surface area contributed by atoms with Gasteiger partial charge < -0.3 is 5.32 Å². The Morgan fingerprint density at radius 1 is 1.53 bits per heavy atom. The number of allylic oxidation sites excluding steroid dienone is 1. The van der Waals surface area contributed by atoms with Gasteiger partial charge in [-0.05, 0) is 32.4 Å². The van der Waals surface area contributed by atoms with Gasteiger partial charge in [-0.1, -0.05) is 12.2 Å². The summed E-state index contributed by atoms with van der Waals surface area (Å²) in [7, 11) is 0. The molecule has 0 aliphatic rings. The second-order valence-electron chi connectivity index (χ2n) is 3.30. The van der Waals surface area contributed by atoms with Gasteiger partial charge in [0.15, 0.2) is 0 Å². The number of pyridine rings is 1. The van der Waals surface area contributed by atoms with Crippen molar-refractivity contribution in [2.75, 3.05) is 6.54 Å². The van der Waals surface area contributed by atoms with Crippen molar-refractivity contribution in [3.8, 4) is 0 Å². The number of aryl methyl sites for hydroxylation is 1. The summed E-state index contributed by atoms with van der Waals surface area (Å²) in [5.74, 6) is -0.0630. The molecule has 0 bridgehead atoms. The predicted molar refractivity (Wildman–Crippen MR) is 60.7 cm³/mol. The number of carbonyl (C=O) groups is 1. The highest BCUT2D eigenvalue weighted by atomic mass is 16.1. The number of rotatable bonds is 4. The minimum Gasteiger partial charge on any atom is -0.352 e. The van der Waals surface area contributed by atoms with Crippen molar-refractivity contribution in [1.29, 1.82) is 0 Å². The van der Waals surface area contributed by atoms with E-state index in [9.17, 15) is 4.79 Å². The molecular weight excluding hydrogens is 188 g/mol. The van der Waals surface area contributed by atoms with Crippen LogP contribution in [0.1, 0.15) is 29.4 Å². The van der Waals surface area contributed by atoms with Gasteiger partial charge in [0.1, 0.15) is 0 Å². The van der Waals surface area contributed by atoms with E-state index in [2.05, 4.69) is 10.3 Å². The number of hydrogen-bond acceptors (Lipinski definition) is 2. The molecule has 3 nitrogen and oxygen atoms in total. The van der Waals surface area contributed by atoms with Gasteiger partial charge in [-0.3, -0.25) is 9.78 Å². The maximum absolute atomic E-state index is 11.5. The van der Waals surface area contributed by atoms with Crippen LogP contribution in [0.15, 0.2) is 30.5 Å². The van der Waals surface area contributed by atoms with Crippen molar-refractivity contribution in [2.24, 2.45) is 0 Å². The maximum atomic E-state index is 11.5. The third kappa shape index (κ3) is 3.94. The van der Waals surface area contributed by atoms with Crippen molar-refractivity contribution >= 4 is 5.91 Å². The largest absolute Gasteiger partial charge is 0.352 e. The highest BCUT2D eigenvalue weighted by Gasteiger charge is 2.03. The number of nitrogens with one attached hydrogen (secondary N) is 1. The lowest BCUT2D eigenvalue weighted by Crippen LogP contribution is -2.24. The van der Waals surface area contributed by atoms with E-state index in [4.69, 9.17) is 0 Å². The molecule has 1 rings (SSSR count). The van der Waals surface area contributed by atoms with E-state index in [-0.39, 0.29) is 5.91 Å². The van der Waals surface area contributed by atoms with Gasteiger partial charge >= 0.3 is 0 Å². The average Bonchev–Trinajstić information content (AvgIpc) is 2.25. The summed E-state index contributed by atoms with van der Waals surface area (Å²) < 4.78 is 0. The van der Waals surface area contributed by atoms with Gasteiger partial charge in [-0.15, -0.1) is 0 Å². The molecule has 1 N–H and O–H groups in total. The summed E-state index contributed by atoms with van der Waals surface area (Å²) in [5.41, 5.74) is 1.53. The highest BCUT2D eigenvalue weighted by molar-refractivity contribution is 5.93. The van der Waals surface area contributed by atoms with Crippen LogP contribution in [0.25, 0.3) is 0 Å². The second-order valence-corrected chi connectivity index (χ2v) is 3.30. The molecule has 0 aliphatic heterocycles. The molecule has 0 radical (unpaired) electrons. The van der Waals surface area contributed by atoms with Crippen LogP contribution in [0.3, 0.4) is 0 Å². The van der Waals surface area contributed by atoms with E-state index in [1.165, 1.54) is 0 Å². The smallest absolute Gasteiger partial charge is 0.252 e. The lowest BCUT2D eigenvalue weighted by molar-refractivity contribution is 0.0954. The molecule has 0 aliphatic carbocycles. The lowest BCUT2D eigenvalue weighted by Gasteiger charge is -2.02. The molecular formula is C12H16N2O. The van der Waals surface area contributed by atoms with E-state index < -0.39 is 0 Å². The molecule has 15 heavy (non-hydrogen) atoms. The molecule has 0 unspecified atom stereocenters. The summed E-state index contributed by atoms with van der Waals surface area (Å²) >= 11 is 0. The number of aromatic nitrogens is 1. The molecule has 80 valence electrons. The number of hydrogen-bond donors (Lipinski definition) is 1. The topological polar surface area (TPSA) is 42.0 Å². The van der Waals surface area contributed by atoms with Crippen LogP contribution in [0.5, 0.6) is 0 Å². The van der Waals surface area contributed by atoms with Crippen LogP contribution in [-0.4, -0.2) is 17.4 Å². The Morgan fingerprint density at radius 3 is 2.93 bits per heavy atom. The molecule has 1 heterocycles. The lowest BCUT2D eigenvalue weighted by atomic mass is 10.2. The first-order chi connectivity index (χ1) is 7.24. The van der Waals surface area contributed by atoms with Crippen LogP contribution >= 0.6 is 0 Å². The van der Waals surface area contributed by atoms with Gasteiger partial charge in [0.2, 0.25) is 0 Å². The van der Waals surface area contributed by atoms with Gasteiger partial charge in [-0.2, -0.15) is 0 Å². The molecule has 3 heteroatoms. The zero-order valence-electron chi connectivity index (χ0n) is 9.16. The van der Waals surface area contributed by atoms with Crippen molar-refractivity contribution in [2.45, 2.75) is 20.3 Å². The first-order valence-corrected chi connectivity index (χ1v) is 5.06. The van der Waals surface area contributed by atoms with Crippen LogP contribution in [0, 0.1) is 6.92 Å². The molecule has 1 aromatic heterocycles. The zero-order valence-corrected chi connectivity index (χ0v) is 9.16. The Balaban J connectivity index is 2.43. The maximum Gasteiger partial charge on any atom is 0.252 e. The molecule has 0 saturated heterocycles. The summed E-state index contributed by atoms with van der Waals surface area (Å²) in [6.07, 6.45) is 6.45. The van der Waals surface area contributed by atoms with Crippen molar-refractivity contribution in [1.82, 2.24) is 10.3 Å². The fourth-order valence-corrected chi connectivity index (χ4v) is 1.14. The standard InChI is InChI=1S/C12H16N2O/c1-3-4-5-8-13-12(15)11-7-6-10(2)14-9-11/h3-4,6-7,9H,5,8H2,1-2H3,(H,13,15)/b4-3+. The van der Waals surface area contributed by atoms with Gasteiger partial charge in [0.25, 0.3) is 5.91 Å². The van der Waals surface area contributed by atoms with Crippen LogP contribution in [0.2, 0.25) is 0 Å². The summed E-state index contributed by atoms with van der Waals surface area (Å²) in [4.78, 5) is 15.6. The third-order valence-corrected chi connectivity index (χ3v) is 2.01. The number of nitrogens with zero attached hydrogens (tertiary/aromatic N) is 1. The Bertz CT molecular complexity index is 341. The van der Waals surface area contributed by atoms with E-state index in [1.807, 2.05) is 32.1 Å². The van der Waals surface area contributed by atoms with Crippen LogP contribution in [0.4, 0.5) is 0 Å².